The number of halogens is 3. The lowest BCUT2D eigenvalue weighted by molar-refractivity contribution is -0.121. The fraction of sp³-hybridized carbons (Fsp3) is 0.462. The Kier molecular flexibility index (Phi) is 6.73. The smallest absolute Gasteiger partial charge is 0.224 e. The van der Waals surface area contributed by atoms with E-state index in [2.05, 4.69) is 5.32 Å². The fourth-order valence-electron chi connectivity index (χ4n) is 1.58. The second-order valence-corrected chi connectivity index (χ2v) is 4.40. The monoisotopic (exact) mass is 291 g/mol. The van der Waals surface area contributed by atoms with Crippen molar-refractivity contribution in [1.29, 1.82) is 0 Å². The molecular formula is C13H16ClF2NO2. The molecule has 0 aromatic heterocycles. The first kappa shape index (κ1) is 15.9. The van der Waals surface area contributed by atoms with E-state index in [1.807, 2.05) is 0 Å². The molecule has 19 heavy (non-hydrogen) atoms. The van der Waals surface area contributed by atoms with Crippen LogP contribution in [0.4, 0.5) is 8.78 Å². The molecule has 106 valence electrons. The van der Waals surface area contributed by atoms with E-state index >= 15 is 0 Å². The molecule has 1 unspecified atom stereocenters. The zero-order valence-corrected chi connectivity index (χ0v) is 11.3. The van der Waals surface area contributed by atoms with Crippen molar-refractivity contribution in [1.82, 2.24) is 5.32 Å². The molecule has 0 aliphatic heterocycles. The third kappa shape index (κ3) is 5.12. The Bertz CT molecular complexity index is 429. The van der Waals surface area contributed by atoms with Crippen LogP contribution in [0.5, 0.6) is 0 Å². The molecular weight excluding hydrogens is 276 g/mol. The first-order valence-corrected chi connectivity index (χ1v) is 6.39. The summed E-state index contributed by atoms with van der Waals surface area (Å²) in [5.74, 6) is -2.11. The molecule has 0 fully saturated rings. The predicted octanol–water partition coefficient (Wildman–Crippen LogP) is 2.27. The molecule has 1 rings (SSSR count). The van der Waals surface area contributed by atoms with Crippen molar-refractivity contribution in [3.63, 3.8) is 0 Å². The van der Waals surface area contributed by atoms with Crippen molar-refractivity contribution < 1.29 is 18.3 Å². The van der Waals surface area contributed by atoms with Crippen LogP contribution in [-0.2, 0) is 16.0 Å². The maximum Gasteiger partial charge on any atom is 0.224 e. The molecule has 0 heterocycles. The number of alkyl halides is 1. The Labute approximate surface area is 115 Å². The van der Waals surface area contributed by atoms with Crippen molar-refractivity contribution in [2.75, 3.05) is 19.6 Å². The molecule has 0 aliphatic carbocycles. The van der Waals surface area contributed by atoms with E-state index in [0.29, 0.717) is 13.0 Å². The number of rotatable bonds is 7. The third-order valence-corrected chi connectivity index (χ3v) is 2.98. The van der Waals surface area contributed by atoms with Gasteiger partial charge in [-0.25, -0.2) is 8.78 Å². The minimum absolute atomic E-state index is 0.0255. The van der Waals surface area contributed by atoms with Crippen molar-refractivity contribution in [2.24, 2.45) is 0 Å². The lowest BCUT2D eigenvalue weighted by atomic mass is 10.1. The molecule has 0 saturated heterocycles. The Morgan fingerprint density at radius 3 is 2.84 bits per heavy atom. The molecule has 6 heteroatoms. The van der Waals surface area contributed by atoms with Gasteiger partial charge in [0.15, 0.2) is 11.6 Å². The van der Waals surface area contributed by atoms with Gasteiger partial charge >= 0.3 is 0 Å². The highest BCUT2D eigenvalue weighted by atomic mass is 35.5. The van der Waals surface area contributed by atoms with Crippen LogP contribution in [-0.4, -0.2) is 31.5 Å². The van der Waals surface area contributed by atoms with Gasteiger partial charge in [-0.2, -0.15) is 0 Å². The zero-order chi connectivity index (χ0) is 14.3. The summed E-state index contributed by atoms with van der Waals surface area (Å²) in [4.78, 5) is 11.7. The number of ether oxygens (including phenoxy) is 1. The summed E-state index contributed by atoms with van der Waals surface area (Å²) in [5, 5.41) is 2.66. The van der Waals surface area contributed by atoms with Crippen LogP contribution in [0, 0.1) is 11.6 Å². The van der Waals surface area contributed by atoms with E-state index in [1.165, 1.54) is 12.1 Å². The lowest BCUT2D eigenvalue weighted by Crippen LogP contribution is -2.38. The highest BCUT2D eigenvalue weighted by molar-refractivity contribution is 6.18. The molecule has 1 N–H and O–H groups in total. The molecule has 0 bridgehead atoms. The van der Waals surface area contributed by atoms with Crippen LogP contribution in [0.15, 0.2) is 18.2 Å². The number of benzene rings is 1. The number of nitrogens with one attached hydrogen (secondary N) is 1. The van der Waals surface area contributed by atoms with E-state index in [9.17, 15) is 13.6 Å². The second-order valence-electron chi connectivity index (χ2n) is 4.09. The Morgan fingerprint density at radius 1 is 1.47 bits per heavy atom. The summed E-state index contributed by atoms with van der Waals surface area (Å²) >= 11 is 5.70. The standard InChI is InChI=1S/C13H16ClF2NO2/c1-19-6-5-10(8-14)17-12(18)7-9-3-2-4-11(15)13(9)16/h2-4,10H,5-8H2,1H3,(H,17,18). The molecule has 0 aliphatic rings. The number of carbonyl (C=O) groups is 1. The SMILES string of the molecule is COCCC(CCl)NC(=O)Cc1cccc(F)c1F. The van der Waals surface area contributed by atoms with Crippen LogP contribution in [0.2, 0.25) is 0 Å². The van der Waals surface area contributed by atoms with Gasteiger partial charge in [-0.05, 0) is 12.5 Å². The molecule has 0 spiro atoms. The van der Waals surface area contributed by atoms with Crippen LogP contribution in [0.1, 0.15) is 12.0 Å². The van der Waals surface area contributed by atoms with Gasteiger partial charge in [0.25, 0.3) is 0 Å². The van der Waals surface area contributed by atoms with Crippen LogP contribution in [0.3, 0.4) is 0 Å². The Hall–Kier alpha value is -1.20. The van der Waals surface area contributed by atoms with Crippen LogP contribution in [0.25, 0.3) is 0 Å². The van der Waals surface area contributed by atoms with E-state index in [0.717, 1.165) is 6.07 Å². The average molecular weight is 292 g/mol. The summed E-state index contributed by atoms with van der Waals surface area (Å²) in [6.07, 6.45) is 0.349. The Balaban J connectivity index is 2.56. The van der Waals surface area contributed by atoms with Gasteiger partial charge in [-0.1, -0.05) is 12.1 Å². The molecule has 1 aromatic rings. The molecule has 0 radical (unpaired) electrons. The summed E-state index contributed by atoms with van der Waals surface area (Å²) < 4.78 is 31.3. The Morgan fingerprint density at radius 2 is 2.21 bits per heavy atom. The number of amides is 1. The van der Waals surface area contributed by atoms with Gasteiger partial charge in [-0.3, -0.25) is 4.79 Å². The van der Waals surface area contributed by atoms with Crippen molar-refractivity contribution >= 4 is 17.5 Å². The molecule has 1 aromatic carbocycles. The highest BCUT2D eigenvalue weighted by Crippen LogP contribution is 2.12. The summed E-state index contributed by atoms with van der Waals surface area (Å²) in [5.41, 5.74) is 0.0255. The quantitative estimate of drug-likeness (QED) is 0.783. The van der Waals surface area contributed by atoms with Gasteiger partial charge < -0.3 is 10.1 Å². The van der Waals surface area contributed by atoms with Crippen LogP contribution < -0.4 is 5.32 Å². The average Bonchev–Trinajstić information content (AvgIpc) is 2.40. The minimum atomic E-state index is -0.989. The second kappa shape index (κ2) is 8.07. The van der Waals surface area contributed by atoms with Gasteiger partial charge in [-0.15, -0.1) is 11.6 Å². The highest BCUT2D eigenvalue weighted by Gasteiger charge is 2.15. The summed E-state index contributed by atoms with van der Waals surface area (Å²) in [6, 6.07) is 3.51. The fourth-order valence-corrected chi connectivity index (χ4v) is 1.82. The lowest BCUT2D eigenvalue weighted by Gasteiger charge is -2.15. The van der Waals surface area contributed by atoms with Crippen LogP contribution >= 0.6 is 11.6 Å². The first-order valence-electron chi connectivity index (χ1n) is 5.85. The van der Waals surface area contributed by atoms with Gasteiger partial charge in [0, 0.05) is 31.2 Å². The van der Waals surface area contributed by atoms with E-state index in [-0.39, 0.29) is 23.9 Å². The van der Waals surface area contributed by atoms with Crippen molar-refractivity contribution in [3.8, 4) is 0 Å². The van der Waals surface area contributed by atoms with Crippen molar-refractivity contribution in [3.05, 3.63) is 35.4 Å². The number of hydrogen-bond acceptors (Lipinski definition) is 2. The minimum Gasteiger partial charge on any atom is -0.385 e. The largest absolute Gasteiger partial charge is 0.385 e. The van der Waals surface area contributed by atoms with Gasteiger partial charge in [0.1, 0.15) is 0 Å². The summed E-state index contributed by atoms with van der Waals surface area (Å²) in [7, 11) is 1.55. The predicted molar refractivity (Wildman–Crippen MR) is 69.2 cm³/mol. The van der Waals surface area contributed by atoms with E-state index in [4.69, 9.17) is 16.3 Å². The van der Waals surface area contributed by atoms with E-state index in [1.54, 1.807) is 7.11 Å². The van der Waals surface area contributed by atoms with E-state index < -0.39 is 17.5 Å². The van der Waals surface area contributed by atoms with Gasteiger partial charge in [0.2, 0.25) is 5.91 Å². The topological polar surface area (TPSA) is 38.3 Å². The molecule has 1 atom stereocenters. The van der Waals surface area contributed by atoms with Crippen molar-refractivity contribution in [2.45, 2.75) is 18.9 Å². The first-order chi connectivity index (χ1) is 9.08. The normalized spacial score (nSPS) is 12.2. The molecule has 1 amide bonds. The maximum absolute atomic E-state index is 13.4. The number of methoxy groups -OCH3 is 1. The molecule has 0 saturated carbocycles. The van der Waals surface area contributed by atoms with Gasteiger partial charge in [0.05, 0.1) is 6.42 Å². The number of hydrogen-bond donors (Lipinski definition) is 1. The zero-order valence-electron chi connectivity index (χ0n) is 10.6. The third-order valence-electron chi connectivity index (χ3n) is 2.60. The summed E-state index contributed by atoms with van der Waals surface area (Å²) in [6.45, 7) is 0.464. The maximum atomic E-state index is 13.4. The number of carbonyl (C=O) groups excluding carboxylic acids is 1. The molecule has 3 nitrogen and oxygen atoms in total.